The Morgan fingerprint density at radius 3 is 2.74 bits per heavy atom. The number of carbonyl (C=O) groups is 1. The molecule has 9 nitrogen and oxygen atoms in total. The maximum Gasteiger partial charge on any atom is 0.233 e. The van der Waals surface area contributed by atoms with Crippen LogP contribution >= 0.6 is 23.2 Å². The van der Waals surface area contributed by atoms with Crippen LogP contribution in [0.3, 0.4) is 0 Å². The molecule has 3 aromatic heterocycles. The quantitative estimate of drug-likeness (QED) is 0.178. The monoisotopic (exact) mass is 709 g/mol. The van der Waals surface area contributed by atoms with Crippen LogP contribution in [-0.2, 0) is 11.2 Å². The summed E-state index contributed by atoms with van der Waals surface area (Å²) in [6, 6.07) is 15.3. The lowest BCUT2D eigenvalue weighted by Crippen LogP contribution is -2.41. The number of pyridine rings is 1. The summed E-state index contributed by atoms with van der Waals surface area (Å²) < 4.78 is 25.8. The Kier molecular flexibility index (Phi) is 7.72. The summed E-state index contributed by atoms with van der Waals surface area (Å²) in [6.45, 7) is 3.27. The summed E-state index contributed by atoms with van der Waals surface area (Å²) in [5.41, 5.74) is 4.32. The van der Waals surface area contributed by atoms with Crippen molar-refractivity contribution in [3.8, 4) is 23.1 Å². The number of rotatable bonds is 8. The first-order chi connectivity index (χ1) is 24.3. The number of amides is 1. The Hall–Kier alpha value is -4.30. The normalized spacial score (nSPS) is 24.1. The third-order valence-corrected chi connectivity index (χ3v) is 11.9. The van der Waals surface area contributed by atoms with E-state index in [1.54, 1.807) is 36.5 Å². The number of likely N-dealkylation sites (tertiary alicyclic amines) is 1. The van der Waals surface area contributed by atoms with Crippen LogP contribution in [0.2, 0.25) is 10.0 Å². The fourth-order valence-corrected chi connectivity index (χ4v) is 8.99. The molecule has 0 unspecified atom stereocenters. The van der Waals surface area contributed by atoms with Gasteiger partial charge in [0.2, 0.25) is 11.8 Å². The van der Waals surface area contributed by atoms with Gasteiger partial charge in [-0.05, 0) is 68.4 Å². The summed E-state index contributed by atoms with van der Waals surface area (Å²) >= 11 is 13.1. The van der Waals surface area contributed by atoms with Crippen LogP contribution in [0.25, 0.3) is 32.9 Å². The van der Waals surface area contributed by atoms with E-state index in [1.165, 1.54) is 0 Å². The Morgan fingerprint density at radius 2 is 2.02 bits per heavy atom. The molecule has 10 rings (SSSR count). The first-order valence-corrected chi connectivity index (χ1v) is 18.0. The van der Waals surface area contributed by atoms with Crippen LogP contribution in [-0.4, -0.2) is 55.8 Å². The number of nitrogens with zero attached hydrogens (tertiary/aromatic N) is 6. The molecule has 6 heterocycles. The molecule has 1 amide bonds. The molecule has 0 radical (unpaired) electrons. The number of ether oxygens (including phenoxy) is 1. The smallest absolute Gasteiger partial charge is 0.233 e. The first-order valence-electron chi connectivity index (χ1n) is 17.3. The second-order valence-corrected chi connectivity index (χ2v) is 14.9. The van der Waals surface area contributed by atoms with Gasteiger partial charge in [-0.1, -0.05) is 35.3 Å². The lowest BCUT2D eigenvalue weighted by Gasteiger charge is -2.39. The van der Waals surface area contributed by atoms with Crippen molar-refractivity contribution in [3.63, 3.8) is 0 Å². The molecule has 50 heavy (non-hydrogen) atoms. The van der Waals surface area contributed by atoms with Crippen LogP contribution in [0.1, 0.15) is 61.1 Å². The molecule has 5 fully saturated rings. The highest BCUT2D eigenvalue weighted by Crippen LogP contribution is 2.51. The predicted octanol–water partition coefficient (Wildman–Crippen LogP) is 7.52. The first kappa shape index (κ1) is 31.7. The number of halogens is 3. The maximum absolute atomic E-state index is 17.1. The van der Waals surface area contributed by atoms with Crippen LogP contribution in [0, 0.1) is 35.9 Å². The summed E-state index contributed by atoms with van der Waals surface area (Å²) in [5.74, 6) is 0.536. The third-order valence-electron chi connectivity index (χ3n) is 11.1. The van der Waals surface area contributed by atoms with Gasteiger partial charge in [-0.3, -0.25) is 4.79 Å². The third kappa shape index (κ3) is 5.04. The average Bonchev–Trinajstić information content (AvgIpc) is 3.40. The van der Waals surface area contributed by atoms with Gasteiger partial charge in [0.15, 0.2) is 5.82 Å². The van der Waals surface area contributed by atoms with E-state index >= 15 is 4.39 Å². The van der Waals surface area contributed by atoms with Gasteiger partial charge in [0, 0.05) is 76.9 Å². The van der Waals surface area contributed by atoms with Gasteiger partial charge < -0.3 is 19.5 Å². The number of carbonyl (C=O) groups excluding carboxylic acids is 1. The lowest BCUT2D eigenvalue weighted by molar-refractivity contribution is -0.133. The van der Waals surface area contributed by atoms with Gasteiger partial charge in [0.05, 0.1) is 40.3 Å². The molecule has 5 aromatic rings. The average molecular weight is 711 g/mol. The van der Waals surface area contributed by atoms with Crippen LogP contribution in [0.4, 0.5) is 4.39 Å². The van der Waals surface area contributed by atoms with Gasteiger partial charge >= 0.3 is 0 Å². The molecule has 12 heteroatoms. The zero-order chi connectivity index (χ0) is 34.3. The minimum absolute atomic E-state index is 0.0323. The largest absolute Gasteiger partial charge is 0.471 e. The second kappa shape index (κ2) is 12.2. The SMILES string of the molecule is Cc1nc2c(F)c(-c3cccc(Cl)c3Cl)c(CCC#N)cc2c2c1cc([C@H]1C[C@H](Oc3cccnn3)CN1C(=O)C1CC1)n2[C@H]1[C@H]2CN[C@@H]1C2. The van der Waals surface area contributed by atoms with E-state index in [0.717, 1.165) is 42.4 Å². The van der Waals surface area contributed by atoms with Crippen LogP contribution in [0.5, 0.6) is 5.88 Å². The van der Waals surface area contributed by atoms with E-state index in [2.05, 4.69) is 32.2 Å². The molecule has 1 N–H and O–H groups in total. The number of nitrogens with one attached hydrogen (secondary N) is 1. The summed E-state index contributed by atoms with van der Waals surface area (Å²) in [4.78, 5) is 20.8. The highest BCUT2D eigenvalue weighted by molar-refractivity contribution is 6.43. The van der Waals surface area contributed by atoms with Gasteiger partial charge in [-0.25, -0.2) is 9.37 Å². The van der Waals surface area contributed by atoms with Gasteiger partial charge in [0.1, 0.15) is 11.6 Å². The van der Waals surface area contributed by atoms with Gasteiger partial charge in [-0.2, -0.15) is 10.4 Å². The molecular weight excluding hydrogens is 676 g/mol. The lowest BCUT2D eigenvalue weighted by atomic mass is 9.79. The highest BCUT2D eigenvalue weighted by atomic mass is 35.5. The standard InChI is InChI=1S/C38H34Cl2FN7O2/c1-19-25-16-30(29-15-23(50-31-8-4-12-44-46-31)18-47(29)38(49)20-9-10-20)48(36-22-14-28(36)43-17-22)37(25)26-13-21(5-3-11-42)32(34(41)35(26)45-19)24-6-2-7-27(39)33(24)40/h2,4,6-8,12-13,16,20,22-23,28-29,36,43H,3,5,9-10,14-15,17-18H2,1H3/t22-,23+,28-,29-,36+/m1/s1. The Bertz CT molecular complexity index is 2220. The van der Waals surface area contributed by atoms with Crippen molar-refractivity contribution < 1.29 is 13.9 Å². The molecular formula is C38H34Cl2FN7O2. The Balaban J connectivity index is 1.27. The number of hydrogen-bond donors (Lipinski definition) is 1. The summed E-state index contributed by atoms with van der Waals surface area (Å²) in [5, 5.41) is 23.6. The molecule has 2 saturated carbocycles. The molecule has 3 saturated heterocycles. The van der Waals surface area contributed by atoms with Gasteiger partial charge in [0.25, 0.3) is 0 Å². The number of aromatic nitrogens is 4. The van der Waals surface area contributed by atoms with Crippen molar-refractivity contribution in [1.82, 2.24) is 30.0 Å². The van der Waals surface area contributed by atoms with Crippen LogP contribution < -0.4 is 10.1 Å². The molecule has 5 aliphatic rings. The molecule has 2 aliphatic carbocycles. The van der Waals surface area contributed by atoms with E-state index in [9.17, 15) is 10.1 Å². The minimum Gasteiger partial charge on any atom is -0.471 e. The second-order valence-electron chi connectivity index (χ2n) is 14.1. The summed E-state index contributed by atoms with van der Waals surface area (Å²) in [7, 11) is 0. The maximum atomic E-state index is 17.1. The predicted molar refractivity (Wildman–Crippen MR) is 189 cm³/mol. The number of benzene rings is 2. The van der Waals surface area contributed by atoms with Crippen molar-refractivity contribution in [1.29, 1.82) is 5.26 Å². The van der Waals surface area contributed by atoms with E-state index in [0.29, 0.717) is 64.0 Å². The highest BCUT2D eigenvalue weighted by Gasteiger charge is 2.51. The fourth-order valence-electron chi connectivity index (χ4n) is 8.59. The Labute approximate surface area is 298 Å². The number of aryl methyl sites for hydroxylation is 2. The fraction of sp³-hybridized carbons (Fsp3) is 0.395. The number of nitriles is 1. The van der Waals surface area contributed by atoms with Gasteiger partial charge in [-0.15, -0.1) is 5.10 Å². The van der Waals surface area contributed by atoms with E-state index in [1.807, 2.05) is 17.9 Å². The molecule has 2 bridgehead atoms. The van der Waals surface area contributed by atoms with Crippen LogP contribution in [0.15, 0.2) is 48.7 Å². The van der Waals surface area contributed by atoms with Crippen molar-refractivity contribution in [3.05, 3.63) is 81.5 Å². The van der Waals surface area contributed by atoms with E-state index < -0.39 is 5.82 Å². The Morgan fingerprint density at radius 1 is 1.16 bits per heavy atom. The zero-order valence-corrected chi connectivity index (χ0v) is 28.9. The molecule has 5 atom stereocenters. The van der Waals surface area contributed by atoms with E-state index in [4.69, 9.17) is 32.9 Å². The zero-order valence-electron chi connectivity index (χ0n) is 27.4. The molecule has 254 valence electrons. The number of fused-ring (bicyclic) bond motifs is 4. The van der Waals surface area contributed by atoms with Crippen molar-refractivity contribution >= 4 is 50.9 Å². The summed E-state index contributed by atoms with van der Waals surface area (Å²) in [6.07, 6.45) is 5.32. The van der Waals surface area contributed by atoms with Crippen molar-refractivity contribution in [2.45, 2.75) is 69.7 Å². The molecule has 0 spiro atoms. The topological polar surface area (TPSA) is 109 Å². The van der Waals surface area contributed by atoms with E-state index in [-0.39, 0.29) is 53.0 Å². The molecule has 2 aromatic carbocycles. The number of hydrogen-bond acceptors (Lipinski definition) is 7. The van der Waals surface area contributed by atoms with Crippen molar-refractivity contribution in [2.75, 3.05) is 13.1 Å². The van der Waals surface area contributed by atoms with Crippen molar-refractivity contribution in [2.24, 2.45) is 11.8 Å². The minimum atomic E-state index is -0.488. The molecule has 3 aliphatic heterocycles.